The summed E-state index contributed by atoms with van der Waals surface area (Å²) in [7, 11) is 0. The molecule has 2 heteroatoms. The molecule has 0 heterocycles. The second-order valence-corrected chi connectivity index (χ2v) is 9.03. The fourth-order valence-electron chi connectivity index (χ4n) is 4.30. The first kappa shape index (κ1) is 22.0. The minimum absolute atomic E-state index is 0.399. The van der Waals surface area contributed by atoms with Gasteiger partial charge in [-0.05, 0) is 96.9 Å². The highest BCUT2D eigenvalue weighted by Crippen LogP contribution is 2.30. The van der Waals surface area contributed by atoms with E-state index >= 15 is 0 Å². The summed E-state index contributed by atoms with van der Waals surface area (Å²) in [5, 5.41) is 20.0. The van der Waals surface area contributed by atoms with Crippen LogP contribution in [0.1, 0.15) is 70.2 Å². The van der Waals surface area contributed by atoms with E-state index in [0.29, 0.717) is 23.3 Å². The van der Waals surface area contributed by atoms with E-state index in [4.69, 9.17) is 0 Å². The lowest BCUT2D eigenvalue weighted by atomic mass is 9.89. The number of phenolic OH excluding ortho intramolecular Hbond substituents is 2. The highest BCUT2D eigenvalue weighted by atomic mass is 16.3. The number of hydrogen-bond donors (Lipinski definition) is 2. The van der Waals surface area contributed by atoms with Crippen LogP contribution in [0.2, 0.25) is 0 Å². The Kier molecular flexibility index (Phi) is 6.55. The van der Waals surface area contributed by atoms with Gasteiger partial charge in [0.1, 0.15) is 11.5 Å². The SMILES string of the molecule is Cc1cc(C(C)Cc2ccc(CC(C)c3cc(C)c(O)c(C)c3)cc2)cc(C)c1O. The summed E-state index contributed by atoms with van der Waals surface area (Å²) in [5.74, 6) is 1.61. The van der Waals surface area contributed by atoms with Gasteiger partial charge >= 0.3 is 0 Å². The average molecular weight is 403 g/mol. The molecule has 2 N–H and O–H groups in total. The third-order valence-corrected chi connectivity index (χ3v) is 6.27. The zero-order chi connectivity index (χ0) is 22.0. The zero-order valence-corrected chi connectivity index (χ0v) is 19.1. The van der Waals surface area contributed by atoms with Crippen molar-refractivity contribution in [2.24, 2.45) is 0 Å². The predicted molar refractivity (Wildman–Crippen MR) is 126 cm³/mol. The Morgan fingerprint density at radius 2 is 0.833 bits per heavy atom. The van der Waals surface area contributed by atoms with Crippen LogP contribution in [0.15, 0.2) is 48.5 Å². The van der Waals surface area contributed by atoms with Crippen LogP contribution in [-0.2, 0) is 12.8 Å². The Morgan fingerprint density at radius 1 is 0.567 bits per heavy atom. The first-order chi connectivity index (χ1) is 14.2. The van der Waals surface area contributed by atoms with Crippen molar-refractivity contribution in [1.29, 1.82) is 0 Å². The standard InChI is InChI=1S/C28H34O2/c1-17(25-13-19(3)27(29)20(4)14-25)11-23-7-9-24(10-8-23)12-18(2)26-15-21(5)28(30)22(6)16-26/h7-10,13-18,29-30H,11-12H2,1-6H3. The molecule has 0 fully saturated rings. The molecule has 2 nitrogen and oxygen atoms in total. The van der Waals surface area contributed by atoms with Gasteiger partial charge in [0.2, 0.25) is 0 Å². The van der Waals surface area contributed by atoms with Gasteiger partial charge in [-0.2, -0.15) is 0 Å². The molecule has 0 aliphatic rings. The summed E-state index contributed by atoms with van der Waals surface area (Å²) in [5.41, 5.74) is 9.00. The van der Waals surface area contributed by atoms with Crippen molar-refractivity contribution < 1.29 is 10.2 Å². The molecule has 0 spiro atoms. The maximum absolute atomic E-state index is 10.0. The molecule has 3 rings (SSSR count). The number of benzene rings is 3. The van der Waals surface area contributed by atoms with Gasteiger partial charge in [0.05, 0.1) is 0 Å². The summed E-state index contributed by atoms with van der Waals surface area (Å²) in [6.07, 6.45) is 1.96. The quantitative estimate of drug-likeness (QED) is 0.465. The molecule has 3 aromatic rings. The minimum atomic E-state index is 0.399. The highest BCUT2D eigenvalue weighted by molar-refractivity contribution is 5.44. The van der Waals surface area contributed by atoms with Gasteiger partial charge in [-0.1, -0.05) is 62.4 Å². The Balaban J connectivity index is 1.68. The molecule has 0 saturated carbocycles. The molecule has 0 aromatic heterocycles. The molecule has 3 aromatic carbocycles. The molecule has 2 atom stereocenters. The van der Waals surface area contributed by atoms with Gasteiger partial charge in [-0.25, -0.2) is 0 Å². The summed E-state index contributed by atoms with van der Waals surface area (Å²) >= 11 is 0. The smallest absolute Gasteiger partial charge is 0.121 e. The van der Waals surface area contributed by atoms with Crippen molar-refractivity contribution in [2.45, 2.75) is 66.2 Å². The van der Waals surface area contributed by atoms with Crippen LogP contribution in [0.4, 0.5) is 0 Å². The Hall–Kier alpha value is -2.74. The van der Waals surface area contributed by atoms with Gasteiger partial charge in [-0.3, -0.25) is 0 Å². The normalized spacial score (nSPS) is 13.3. The molecule has 158 valence electrons. The van der Waals surface area contributed by atoms with Crippen molar-refractivity contribution in [1.82, 2.24) is 0 Å². The Morgan fingerprint density at radius 3 is 1.10 bits per heavy atom. The number of rotatable bonds is 6. The lowest BCUT2D eigenvalue weighted by molar-refractivity contribution is 0.466. The summed E-state index contributed by atoms with van der Waals surface area (Å²) in [6, 6.07) is 17.4. The van der Waals surface area contributed by atoms with Crippen LogP contribution >= 0.6 is 0 Å². The van der Waals surface area contributed by atoms with Crippen LogP contribution in [0.3, 0.4) is 0 Å². The van der Waals surface area contributed by atoms with Crippen molar-refractivity contribution in [2.75, 3.05) is 0 Å². The van der Waals surface area contributed by atoms with Crippen molar-refractivity contribution in [3.8, 4) is 11.5 Å². The van der Waals surface area contributed by atoms with E-state index in [2.05, 4.69) is 62.4 Å². The molecular formula is C28H34O2. The van der Waals surface area contributed by atoms with E-state index < -0.39 is 0 Å². The molecule has 30 heavy (non-hydrogen) atoms. The lowest BCUT2D eigenvalue weighted by Gasteiger charge is -2.17. The van der Waals surface area contributed by atoms with Gasteiger partial charge < -0.3 is 10.2 Å². The maximum Gasteiger partial charge on any atom is 0.121 e. The summed E-state index contributed by atoms with van der Waals surface area (Å²) in [4.78, 5) is 0. The average Bonchev–Trinajstić information content (AvgIpc) is 2.70. The van der Waals surface area contributed by atoms with E-state index in [1.165, 1.54) is 22.3 Å². The number of phenols is 2. The van der Waals surface area contributed by atoms with E-state index in [1.807, 2.05) is 27.7 Å². The van der Waals surface area contributed by atoms with Crippen molar-refractivity contribution in [3.63, 3.8) is 0 Å². The Labute approximate surface area is 181 Å². The lowest BCUT2D eigenvalue weighted by Crippen LogP contribution is -2.02. The number of hydrogen-bond acceptors (Lipinski definition) is 2. The first-order valence-electron chi connectivity index (χ1n) is 10.8. The number of aryl methyl sites for hydroxylation is 4. The van der Waals surface area contributed by atoms with Crippen molar-refractivity contribution >= 4 is 0 Å². The van der Waals surface area contributed by atoms with E-state index in [9.17, 15) is 10.2 Å². The molecule has 0 aliphatic heterocycles. The Bertz CT molecular complexity index is 900. The third kappa shape index (κ3) is 4.87. The van der Waals surface area contributed by atoms with E-state index in [-0.39, 0.29) is 0 Å². The molecule has 0 bridgehead atoms. The van der Waals surface area contributed by atoms with Gasteiger partial charge in [0.25, 0.3) is 0 Å². The van der Waals surface area contributed by atoms with E-state index in [1.54, 1.807) is 0 Å². The molecule has 0 radical (unpaired) electrons. The van der Waals surface area contributed by atoms with Crippen LogP contribution < -0.4 is 0 Å². The van der Waals surface area contributed by atoms with Crippen LogP contribution in [-0.4, -0.2) is 10.2 Å². The fourth-order valence-corrected chi connectivity index (χ4v) is 4.30. The molecular weight excluding hydrogens is 368 g/mol. The van der Waals surface area contributed by atoms with Crippen LogP contribution in [0, 0.1) is 27.7 Å². The maximum atomic E-state index is 10.0. The van der Waals surface area contributed by atoms with Gasteiger partial charge in [0, 0.05) is 0 Å². The van der Waals surface area contributed by atoms with Gasteiger partial charge in [-0.15, -0.1) is 0 Å². The topological polar surface area (TPSA) is 40.5 Å². The fraction of sp³-hybridized carbons (Fsp3) is 0.357. The second kappa shape index (κ2) is 8.95. The predicted octanol–water partition coefficient (Wildman–Crippen LogP) is 7.02. The number of aromatic hydroxyl groups is 2. The first-order valence-corrected chi connectivity index (χ1v) is 10.8. The molecule has 2 unspecified atom stereocenters. The summed E-state index contributed by atoms with van der Waals surface area (Å²) < 4.78 is 0. The van der Waals surface area contributed by atoms with Gasteiger partial charge in [0.15, 0.2) is 0 Å². The second-order valence-electron chi connectivity index (χ2n) is 9.03. The largest absolute Gasteiger partial charge is 0.507 e. The van der Waals surface area contributed by atoms with Crippen LogP contribution in [0.5, 0.6) is 11.5 Å². The van der Waals surface area contributed by atoms with E-state index in [0.717, 1.165) is 35.1 Å². The highest BCUT2D eigenvalue weighted by Gasteiger charge is 2.13. The van der Waals surface area contributed by atoms with Crippen molar-refractivity contribution in [3.05, 3.63) is 93.0 Å². The third-order valence-electron chi connectivity index (χ3n) is 6.27. The molecule has 0 aliphatic carbocycles. The molecule has 0 saturated heterocycles. The van der Waals surface area contributed by atoms with Crippen LogP contribution in [0.25, 0.3) is 0 Å². The monoisotopic (exact) mass is 402 g/mol. The minimum Gasteiger partial charge on any atom is -0.507 e. The molecule has 0 amide bonds. The summed E-state index contributed by atoms with van der Waals surface area (Å²) in [6.45, 7) is 12.3. The zero-order valence-electron chi connectivity index (χ0n) is 19.1.